The van der Waals surface area contributed by atoms with Gasteiger partial charge >= 0.3 is 187 Å². The molecule has 0 saturated carbocycles. The Hall–Kier alpha value is -0.400. The van der Waals surface area contributed by atoms with Gasteiger partial charge in [-0.25, -0.2) is 0 Å². The van der Waals surface area contributed by atoms with Crippen LogP contribution in [0.1, 0.15) is 82.2 Å². The van der Waals surface area contributed by atoms with E-state index in [4.69, 9.17) is 0 Å². The van der Waals surface area contributed by atoms with E-state index in [1.54, 1.807) is 22.3 Å². The van der Waals surface area contributed by atoms with Crippen LogP contribution in [0.25, 0.3) is 12.2 Å². The molecule has 0 spiro atoms. The van der Waals surface area contributed by atoms with Gasteiger partial charge in [0.05, 0.1) is 0 Å². The second-order valence-corrected chi connectivity index (χ2v) is 38.0. The molecule has 2 aliphatic rings. The Morgan fingerprint density at radius 1 is 0.656 bits per heavy atom. The minimum absolute atomic E-state index is 0. The van der Waals surface area contributed by atoms with Gasteiger partial charge in [-0.2, -0.15) is 0 Å². The first-order valence-corrected chi connectivity index (χ1v) is 23.2. The molecular formula is C28H40Cl2SiZr. The molecule has 2 aromatic carbocycles. The smallest absolute Gasteiger partial charge is 0.147 e. The molecule has 0 aromatic heterocycles. The van der Waals surface area contributed by atoms with E-state index in [-0.39, 0.29) is 24.8 Å². The molecule has 32 heavy (non-hydrogen) atoms. The van der Waals surface area contributed by atoms with Gasteiger partial charge in [-0.05, 0) is 0 Å². The van der Waals surface area contributed by atoms with Gasteiger partial charge in [-0.1, -0.05) is 0 Å². The van der Waals surface area contributed by atoms with Gasteiger partial charge in [0.25, 0.3) is 0 Å². The third kappa shape index (κ3) is 3.46. The Morgan fingerprint density at radius 2 is 1.00 bits per heavy atom. The van der Waals surface area contributed by atoms with Crippen LogP contribution in [0.5, 0.6) is 0 Å². The summed E-state index contributed by atoms with van der Waals surface area (Å²) < 4.78 is 2.70. The molecule has 4 rings (SSSR count). The van der Waals surface area contributed by atoms with Crippen molar-refractivity contribution < 1.29 is 17.4 Å². The zero-order chi connectivity index (χ0) is 22.0. The second-order valence-electron chi connectivity index (χ2n) is 10.9. The van der Waals surface area contributed by atoms with Gasteiger partial charge in [0.1, 0.15) is 0 Å². The molecule has 174 valence electrons. The number of hydrogen-bond acceptors (Lipinski definition) is 0. The predicted molar refractivity (Wildman–Crippen MR) is 148 cm³/mol. The first-order chi connectivity index (χ1) is 14.0. The summed E-state index contributed by atoms with van der Waals surface area (Å²) in [5, 5.41) is 0. The van der Waals surface area contributed by atoms with Crippen molar-refractivity contribution in [2.75, 3.05) is 0 Å². The number of benzene rings is 2. The monoisotopic (exact) mass is 564 g/mol. The first kappa shape index (κ1) is 27.8. The van der Waals surface area contributed by atoms with Crippen LogP contribution in [0.15, 0.2) is 47.5 Å². The molecule has 4 heteroatoms. The number of halogens is 2. The molecule has 0 heterocycles. The topological polar surface area (TPSA) is 0 Å². The summed E-state index contributed by atoms with van der Waals surface area (Å²) in [6.07, 6.45) is 5.07. The number of allylic oxidation sites excluding steroid dienone is 2. The Bertz CT molecular complexity index is 1080. The summed E-state index contributed by atoms with van der Waals surface area (Å²) >= 11 is -3.63. The van der Waals surface area contributed by atoms with E-state index in [1.165, 1.54) is 22.3 Å². The van der Waals surface area contributed by atoms with Crippen LogP contribution in [-0.2, 0) is 17.4 Å². The van der Waals surface area contributed by atoms with Crippen molar-refractivity contribution in [2.45, 2.75) is 69.9 Å². The van der Waals surface area contributed by atoms with Crippen molar-refractivity contribution in [3.63, 3.8) is 0 Å². The maximum Gasteiger partial charge on any atom is -0.147 e. The Morgan fingerprint density at radius 3 is 1.31 bits per heavy atom. The Balaban J connectivity index is 0.00000181. The molecule has 2 atom stereocenters. The van der Waals surface area contributed by atoms with Gasteiger partial charge in [0.2, 0.25) is 0 Å². The maximum atomic E-state index is 2.57. The van der Waals surface area contributed by atoms with Crippen LogP contribution in [0, 0.1) is 13.8 Å². The van der Waals surface area contributed by atoms with E-state index in [1.807, 2.05) is 0 Å². The third-order valence-electron chi connectivity index (χ3n) is 9.22. The van der Waals surface area contributed by atoms with Crippen molar-refractivity contribution in [2.24, 2.45) is 0 Å². The summed E-state index contributed by atoms with van der Waals surface area (Å²) in [5.74, 6) is 0. The fraction of sp³-hybridized carbons (Fsp3) is 0.429. The molecule has 0 aliphatic heterocycles. The zero-order valence-corrected chi connectivity index (χ0v) is 26.5. The van der Waals surface area contributed by atoms with Gasteiger partial charge < -0.3 is 0 Å². The molecule has 0 bridgehead atoms. The zero-order valence-electron chi connectivity index (χ0n) is 21.0. The van der Waals surface area contributed by atoms with Gasteiger partial charge in [0, 0.05) is 0 Å². The van der Waals surface area contributed by atoms with Crippen LogP contribution in [0.3, 0.4) is 0 Å². The number of fused-ring (bicyclic) bond motifs is 2. The van der Waals surface area contributed by atoms with Crippen molar-refractivity contribution in [1.82, 2.24) is 0 Å². The van der Waals surface area contributed by atoms with Crippen LogP contribution in [0.4, 0.5) is 0 Å². The van der Waals surface area contributed by atoms with E-state index >= 15 is 0 Å². The normalized spacial score (nSPS) is 19.7. The summed E-state index contributed by atoms with van der Waals surface area (Å²) in [6.45, 7) is 22.3. The minimum atomic E-state index is -3.63. The average Bonchev–Trinajstić information content (AvgIpc) is 3.20. The van der Waals surface area contributed by atoms with E-state index < -0.39 is 17.4 Å². The molecule has 2 unspecified atom stereocenters. The standard InChI is InChI=1S/2C11H11.2C3H7.2ClH.H2Si.Zr/c2*1-8-6-10-5-3-4-9(2)11(10)7-8;2*1-3-2;;;;/h2*3-7H,1-2H3;2*3H,1-2H3;2*1H;1H2;. The van der Waals surface area contributed by atoms with Crippen LogP contribution in [-0.4, -0.2) is 6.88 Å². The summed E-state index contributed by atoms with van der Waals surface area (Å²) in [4.78, 5) is 0. The number of rotatable bonds is 4. The molecule has 0 amide bonds. The number of hydrogen-bond donors (Lipinski definition) is 0. The molecule has 0 nitrogen and oxygen atoms in total. The second kappa shape index (κ2) is 9.33. The largest absolute Gasteiger partial charge is 0.147 e. The molecular weight excluding hydrogens is 527 g/mol. The van der Waals surface area contributed by atoms with Crippen molar-refractivity contribution in [3.05, 3.63) is 80.9 Å². The van der Waals surface area contributed by atoms with Gasteiger partial charge in [-0.3, -0.25) is 0 Å². The molecule has 2 aliphatic carbocycles. The summed E-state index contributed by atoms with van der Waals surface area (Å²) in [7, 11) is 0. The SMILES string of the molecule is CC1=Cc2c(C)cccc2[CH]1[Zr](=[SiH2])([CH](C)C)([CH](C)C)[CH]1C(C)=Cc2c(C)cccc21.Cl.Cl. The Kier molecular flexibility index (Phi) is 8.12. The minimum Gasteiger partial charge on any atom is -0.147 e. The van der Waals surface area contributed by atoms with E-state index in [9.17, 15) is 0 Å². The molecule has 0 fully saturated rings. The maximum absolute atomic E-state index is 3.63. The third-order valence-corrected chi connectivity index (χ3v) is 48.2. The average molecular weight is 567 g/mol. The quantitative estimate of drug-likeness (QED) is 0.325. The van der Waals surface area contributed by atoms with Crippen LogP contribution >= 0.6 is 24.8 Å². The van der Waals surface area contributed by atoms with Gasteiger partial charge in [-0.15, -0.1) is 24.8 Å². The summed E-state index contributed by atoms with van der Waals surface area (Å²) in [6, 6.07) is 14.1. The molecule has 0 N–H and O–H groups in total. The number of aryl methyl sites for hydroxylation is 2. The van der Waals surface area contributed by atoms with Gasteiger partial charge in [0.15, 0.2) is 0 Å². The molecule has 0 saturated heterocycles. The van der Waals surface area contributed by atoms with E-state index in [0.29, 0.717) is 7.25 Å². The van der Waals surface area contributed by atoms with E-state index in [0.717, 1.165) is 7.25 Å². The Labute approximate surface area is 210 Å². The van der Waals surface area contributed by atoms with E-state index in [2.05, 4.69) is 111 Å². The fourth-order valence-corrected chi connectivity index (χ4v) is 35.4. The molecule has 2 aromatic rings. The summed E-state index contributed by atoms with van der Waals surface area (Å²) in [5.41, 5.74) is 12.4. The first-order valence-electron chi connectivity index (χ1n) is 11.6. The van der Waals surface area contributed by atoms with Crippen molar-refractivity contribution >= 4 is 43.8 Å². The fourth-order valence-electron chi connectivity index (χ4n) is 7.45. The van der Waals surface area contributed by atoms with Crippen molar-refractivity contribution in [3.8, 4) is 0 Å². The predicted octanol–water partition coefficient (Wildman–Crippen LogP) is 8.66. The molecule has 0 radical (unpaired) electrons. The van der Waals surface area contributed by atoms with Crippen LogP contribution in [0.2, 0.25) is 7.25 Å². The van der Waals surface area contributed by atoms with Crippen LogP contribution < -0.4 is 0 Å². The van der Waals surface area contributed by atoms with Crippen molar-refractivity contribution in [1.29, 1.82) is 0 Å².